The van der Waals surface area contributed by atoms with Gasteiger partial charge in [-0.05, 0) is 57.6 Å². The molecule has 0 unspecified atom stereocenters. The second kappa shape index (κ2) is 15.3. The van der Waals surface area contributed by atoms with E-state index >= 15 is 0 Å². The van der Waals surface area contributed by atoms with E-state index < -0.39 is 75.1 Å². The maximum absolute atomic E-state index is 14.4. The Kier molecular flexibility index (Phi) is 11.5. The van der Waals surface area contributed by atoms with Crippen LogP contribution in [0.15, 0.2) is 36.4 Å². The minimum atomic E-state index is -4.17. The van der Waals surface area contributed by atoms with Crippen molar-refractivity contribution in [3.05, 3.63) is 47.5 Å². The van der Waals surface area contributed by atoms with Crippen LogP contribution in [0.3, 0.4) is 0 Å². The molecule has 5 atom stereocenters. The van der Waals surface area contributed by atoms with Crippen molar-refractivity contribution in [2.24, 2.45) is 11.8 Å². The topological polar surface area (TPSA) is 172 Å². The number of hydrogen-bond acceptors (Lipinski definition) is 9. The Hall–Kier alpha value is -3.98. The van der Waals surface area contributed by atoms with Gasteiger partial charge in [-0.2, -0.15) is 12.7 Å². The molecule has 3 aliphatic heterocycles. The fourth-order valence-corrected chi connectivity index (χ4v) is 7.93. The number of allylic oxidation sites excluding steroid dienone is 1. The van der Waals surface area contributed by atoms with Crippen molar-refractivity contribution in [2.45, 2.75) is 115 Å². The molecule has 5 rings (SSSR count). The van der Waals surface area contributed by atoms with Crippen LogP contribution in [0, 0.1) is 11.8 Å². The largest absolute Gasteiger partial charge is 0.460 e. The second-order valence-electron chi connectivity index (χ2n) is 15.0. The van der Waals surface area contributed by atoms with Crippen LogP contribution in [0.25, 0.3) is 0 Å². The summed E-state index contributed by atoms with van der Waals surface area (Å²) in [6.45, 7) is 7.65. The Morgan fingerprint density at radius 1 is 1.08 bits per heavy atom. The van der Waals surface area contributed by atoms with E-state index in [0.717, 1.165) is 28.3 Å². The summed E-state index contributed by atoms with van der Waals surface area (Å²) in [7, 11) is -2.84. The quantitative estimate of drug-likeness (QED) is 0.316. The second-order valence-corrected chi connectivity index (χ2v) is 16.8. The summed E-state index contributed by atoms with van der Waals surface area (Å²) >= 11 is 0. The first-order chi connectivity index (χ1) is 24.0. The number of benzene rings is 1. The molecule has 0 radical (unpaired) electrons. The molecule has 51 heavy (non-hydrogen) atoms. The van der Waals surface area contributed by atoms with Gasteiger partial charge in [0.1, 0.15) is 23.3 Å². The summed E-state index contributed by atoms with van der Waals surface area (Å²) in [4.78, 5) is 71.5. The van der Waals surface area contributed by atoms with E-state index in [1.165, 1.54) is 11.9 Å². The molecule has 15 heteroatoms. The monoisotopic (exact) mass is 729 g/mol. The molecule has 3 heterocycles. The Morgan fingerprint density at radius 3 is 2.41 bits per heavy atom. The van der Waals surface area contributed by atoms with Crippen molar-refractivity contribution in [3.63, 3.8) is 0 Å². The molecule has 14 nitrogen and oxygen atoms in total. The predicted molar refractivity (Wildman–Crippen MR) is 187 cm³/mol. The highest BCUT2D eigenvalue weighted by Gasteiger charge is 2.62. The average Bonchev–Trinajstić information content (AvgIpc) is 3.36. The highest BCUT2D eigenvalue weighted by Crippen LogP contribution is 2.46. The van der Waals surface area contributed by atoms with Gasteiger partial charge in [0.25, 0.3) is 5.91 Å². The minimum Gasteiger partial charge on any atom is -0.460 e. The fraction of sp³-hybridized carbons (Fsp3) is 0.639. The van der Waals surface area contributed by atoms with Crippen molar-refractivity contribution >= 4 is 40.0 Å². The van der Waals surface area contributed by atoms with Gasteiger partial charge in [0.2, 0.25) is 11.8 Å². The van der Waals surface area contributed by atoms with Crippen LogP contribution in [0.5, 0.6) is 0 Å². The lowest BCUT2D eigenvalue weighted by molar-refractivity contribution is -0.159. The van der Waals surface area contributed by atoms with Gasteiger partial charge < -0.3 is 19.7 Å². The molecule has 0 spiro atoms. The van der Waals surface area contributed by atoms with Crippen LogP contribution in [0.1, 0.15) is 90.2 Å². The van der Waals surface area contributed by atoms with Crippen molar-refractivity contribution in [1.82, 2.24) is 24.1 Å². The minimum absolute atomic E-state index is 0.0433. The van der Waals surface area contributed by atoms with E-state index in [2.05, 4.69) is 10.0 Å². The molecule has 1 saturated heterocycles. The number of nitrogens with one attached hydrogen (secondary N) is 2. The molecule has 4 aliphatic rings. The third-order valence-electron chi connectivity index (χ3n) is 10.0. The molecule has 0 bridgehead atoms. The van der Waals surface area contributed by atoms with Gasteiger partial charge in [-0.25, -0.2) is 9.52 Å². The van der Waals surface area contributed by atoms with Crippen LogP contribution >= 0.6 is 0 Å². The number of rotatable bonds is 7. The summed E-state index contributed by atoms with van der Waals surface area (Å²) < 4.78 is 40.3. The summed E-state index contributed by atoms with van der Waals surface area (Å²) in [5.74, 6) is -3.78. The molecular weight excluding hydrogens is 678 g/mol. The number of amides is 4. The molecule has 280 valence electrons. The highest BCUT2D eigenvalue weighted by atomic mass is 32.2. The number of fused-ring (bicyclic) bond motifs is 3. The lowest BCUT2D eigenvalue weighted by Crippen LogP contribution is -2.57. The van der Waals surface area contributed by atoms with Gasteiger partial charge in [0.05, 0.1) is 13.0 Å². The molecule has 2 fully saturated rings. The normalized spacial score (nSPS) is 27.6. The van der Waals surface area contributed by atoms with Crippen molar-refractivity contribution in [1.29, 1.82) is 0 Å². The average molecular weight is 730 g/mol. The summed E-state index contributed by atoms with van der Waals surface area (Å²) in [6.07, 6.45) is 5.58. The summed E-state index contributed by atoms with van der Waals surface area (Å²) in [5.41, 5.74) is -0.295. The van der Waals surface area contributed by atoms with E-state index in [1.54, 1.807) is 32.6 Å². The smallest absolute Gasteiger partial charge is 0.410 e. The Bertz CT molecular complexity index is 1630. The summed E-state index contributed by atoms with van der Waals surface area (Å²) in [5, 5.41) is 2.81. The number of carbonyl (C=O) groups is 5. The van der Waals surface area contributed by atoms with E-state index in [4.69, 9.17) is 9.47 Å². The molecule has 1 saturated carbocycles. The molecular formula is C36H51N5O9S. The Labute approximate surface area is 300 Å². The van der Waals surface area contributed by atoms with Gasteiger partial charge in [-0.1, -0.05) is 56.2 Å². The zero-order valence-corrected chi connectivity index (χ0v) is 31.0. The molecule has 4 amide bonds. The van der Waals surface area contributed by atoms with Gasteiger partial charge >= 0.3 is 22.3 Å². The van der Waals surface area contributed by atoms with E-state index in [9.17, 15) is 32.4 Å². The van der Waals surface area contributed by atoms with Crippen LogP contribution in [0.4, 0.5) is 4.79 Å². The van der Waals surface area contributed by atoms with Crippen molar-refractivity contribution < 1.29 is 41.9 Å². The van der Waals surface area contributed by atoms with E-state index in [-0.39, 0.29) is 32.4 Å². The van der Waals surface area contributed by atoms with Crippen LogP contribution < -0.4 is 10.0 Å². The van der Waals surface area contributed by atoms with Gasteiger partial charge in [0.15, 0.2) is 0 Å². The number of carbonyl (C=O) groups excluding carboxylic acids is 5. The van der Waals surface area contributed by atoms with E-state index in [1.807, 2.05) is 36.4 Å². The lowest BCUT2D eigenvalue weighted by Gasteiger charge is -2.30. The van der Waals surface area contributed by atoms with Gasteiger partial charge in [-0.15, -0.1) is 0 Å². The van der Waals surface area contributed by atoms with Gasteiger partial charge in [0, 0.05) is 44.9 Å². The molecule has 1 aromatic carbocycles. The number of nitrogens with zero attached hydrogens (tertiary/aromatic N) is 3. The molecule has 2 N–H and O–H groups in total. The third kappa shape index (κ3) is 9.09. The first kappa shape index (κ1) is 38.3. The third-order valence-corrected chi connectivity index (χ3v) is 11.6. The van der Waals surface area contributed by atoms with Crippen molar-refractivity contribution in [2.75, 3.05) is 20.1 Å². The first-order valence-electron chi connectivity index (χ1n) is 17.8. The number of ether oxygens (including phenoxy) is 2. The standard InChI is InChI=1S/C36H51N5O9S/c1-6-39(5)51(47,48)38-33(45)36-20-27(36)17-11-9-7-8-10-14-24(18-30(42)50-35(2,3)4)32(44)41-23-28(19-29(41)31(43)37-36)49-34(46)40-21-25-15-12-13-16-26(25)22-40/h11-13,15-17,24,27-29H,6-10,14,18-23H2,1-5H3,(H,37,43)(H,38,45)/b17-11-/t24-,27-,28-,29+,36-/m1/s1. The highest BCUT2D eigenvalue weighted by molar-refractivity contribution is 7.87. The zero-order chi connectivity index (χ0) is 37.1. The van der Waals surface area contributed by atoms with Crippen LogP contribution in [0.2, 0.25) is 0 Å². The molecule has 0 aromatic heterocycles. The maximum Gasteiger partial charge on any atom is 0.410 e. The maximum atomic E-state index is 14.4. The molecule has 1 aliphatic carbocycles. The molecule has 1 aromatic rings. The van der Waals surface area contributed by atoms with Crippen LogP contribution in [-0.2, 0) is 52.0 Å². The lowest BCUT2D eigenvalue weighted by atomic mass is 9.95. The van der Waals surface area contributed by atoms with E-state index in [0.29, 0.717) is 32.4 Å². The summed E-state index contributed by atoms with van der Waals surface area (Å²) in [6, 6.07) is 6.54. The number of esters is 1. The zero-order valence-electron chi connectivity index (χ0n) is 30.2. The Balaban J connectivity index is 1.41. The fourth-order valence-electron chi connectivity index (χ4n) is 7.02. The Morgan fingerprint density at radius 2 is 1.76 bits per heavy atom. The van der Waals surface area contributed by atoms with Crippen molar-refractivity contribution in [3.8, 4) is 0 Å². The van der Waals surface area contributed by atoms with Gasteiger partial charge in [-0.3, -0.25) is 24.1 Å². The first-order valence-corrected chi connectivity index (χ1v) is 19.3. The SMILES string of the molecule is CCN(C)S(=O)(=O)NC(=O)[C@@]12C[C@H]1/C=C\CCCCC[C@H](CC(=O)OC(C)(C)C)C(=O)N1C[C@H](OC(=O)N3Cc4ccccc4C3)C[C@H]1C(=O)N2. The number of hydrogen-bond donors (Lipinski definition) is 2. The van der Waals surface area contributed by atoms with Crippen LogP contribution in [-0.4, -0.2) is 95.7 Å². The predicted octanol–water partition coefficient (Wildman–Crippen LogP) is 3.16.